The van der Waals surface area contributed by atoms with Crippen LogP contribution in [-0.2, 0) is 4.79 Å². The number of aromatic amines is 1. The molecule has 3 N–H and O–H groups in total. The summed E-state index contributed by atoms with van der Waals surface area (Å²) in [6.45, 7) is 1.83. The standard InChI is InChI=1S/C19H24N6O2/c26-16(21-19(27)20-15-4-2-1-3-5-15)12-25-10-8-14(9-11-25)18-22-17(23-24-18)13-6-7-13/h1-5,13-14H,6-12H2,(H,22,23,24)(H2,20,21,26,27). The highest BCUT2D eigenvalue weighted by Crippen LogP contribution is 2.38. The van der Waals surface area contributed by atoms with Gasteiger partial charge in [-0.05, 0) is 50.9 Å². The Morgan fingerprint density at radius 3 is 2.52 bits per heavy atom. The molecule has 8 heteroatoms. The molecule has 0 atom stereocenters. The van der Waals surface area contributed by atoms with Crippen molar-refractivity contribution >= 4 is 17.6 Å². The summed E-state index contributed by atoms with van der Waals surface area (Å²) < 4.78 is 0. The number of hydrogen-bond donors (Lipinski definition) is 3. The molecule has 2 heterocycles. The SMILES string of the molecule is O=C(CN1CCC(c2nc(C3CC3)n[nH]2)CC1)NC(=O)Nc1ccccc1. The Bertz CT molecular complexity index is 794. The molecule has 4 rings (SSSR count). The van der Waals surface area contributed by atoms with E-state index in [-0.39, 0.29) is 12.5 Å². The Kier molecular flexibility index (Phi) is 5.15. The van der Waals surface area contributed by atoms with Crippen molar-refractivity contribution in [3.05, 3.63) is 42.0 Å². The topological polar surface area (TPSA) is 103 Å². The first-order chi connectivity index (χ1) is 13.2. The summed E-state index contributed by atoms with van der Waals surface area (Å²) in [5.41, 5.74) is 0.654. The van der Waals surface area contributed by atoms with Crippen molar-refractivity contribution in [3.8, 4) is 0 Å². The van der Waals surface area contributed by atoms with E-state index in [1.54, 1.807) is 12.1 Å². The van der Waals surface area contributed by atoms with Gasteiger partial charge in [-0.2, -0.15) is 5.10 Å². The smallest absolute Gasteiger partial charge is 0.308 e. The number of carbonyl (C=O) groups excluding carboxylic acids is 2. The van der Waals surface area contributed by atoms with Crippen LogP contribution in [0.25, 0.3) is 0 Å². The first-order valence-electron chi connectivity index (χ1n) is 9.48. The van der Waals surface area contributed by atoms with Gasteiger partial charge >= 0.3 is 6.03 Å². The van der Waals surface area contributed by atoms with Gasteiger partial charge in [-0.3, -0.25) is 20.1 Å². The quantitative estimate of drug-likeness (QED) is 0.751. The lowest BCUT2D eigenvalue weighted by atomic mass is 9.96. The third kappa shape index (κ3) is 4.71. The van der Waals surface area contributed by atoms with Crippen LogP contribution in [0, 0.1) is 0 Å². The van der Waals surface area contributed by atoms with E-state index >= 15 is 0 Å². The van der Waals surface area contributed by atoms with Crippen LogP contribution in [0.15, 0.2) is 30.3 Å². The zero-order valence-corrected chi connectivity index (χ0v) is 15.1. The van der Waals surface area contributed by atoms with E-state index in [0.717, 1.165) is 37.6 Å². The number of carbonyl (C=O) groups is 2. The average Bonchev–Trinajstić information content (AvgIpc) is 3.40. The zero-order chi connectivity index (χ0) is 18.6. The minimum atomic E-state index is -0.504. The van der Waals surface area contributed by atoms with Gasteiger partial charge in [0.2, 0.25) is 5.91 Å². The maximum Gasteiger partial charge on any atom is 0.325 e. The van der Waals surface area contributed by atoms with Crippen molar-refractivity contribution in [3.63, 3.8) is 0 Å². The number of anilines is 1. The fourth-order valence-corrected chi connectivity index (χ4v) is 3.41. The third-order valence-corrected chi connectivity index (χ3v) is 5.09. The van der Waals surface area contributed by atoms with E-state index in [9.17, 15) is 9.59 Å². The molecule has 2 fully saturated rings. The number of nitrogens with zero attached hydrogens (tertiary/aromatic N) is 3. The second-order valence-corrected chi connectivity index (χ2v) is 7.27. The van der Waals surface area contributed by atoms with Crippen molar-refractivity contribution in [2.24, 2.45) is 0 Å². The lowest BCUT2D eigenvalue weighted by Gasteiger charge is -2.30. The summed E-state index contributed by atoms with van der Waals surface area (Å²) in [6, 6.07) is 8.55. The fourth-order valence-electron chi connectivity index (χ4n) is 3.41. The van der Waals surface area contributed by atoms with Crippen LogP contribution in [0.2, 0.25) is 0 Å². The molecule has 2 aliphatic rings. The Labute approximate surface area is 157 Å². The molecule has 0 spiro atoms. The monoisotopic (exact) mass is 368 g/mol. The Morgan fingerprint density at radius 2 is 1.81 bits per heavy atom. The number of rotatable bonds is 5. The van der Waals surface area contributed by atoms with Gasteiger partial charge in [0, 0.05) is 17.5 Å². The maximum atomic E-state index is 12.1. The number of H-pyrrole nitrogens is 1. The predicted molar refractivity (Wildman–Crippen MR) is 100 cm³/mol. The van der Waals surface area contributed by atoms with Crippen LogP contribution < -0.4 is 10.6 Å². The predicted octanol–water partition coefficient (Wildman–Crippen LogP) is 2.21. The maximum absolute atomic E-state index is 12.1. The van der Waals surface area contributed by atoms with E-state index in [1.807, 2.05) is 18.2 Å². The second kappa shape index (κ2) is 7.87. The van der Waals surface area contributed by atoms with Crippen LogP contribution in [0.5, 0.6) is 0 Å². The van der Waals surface area contributed by atoms with Gasteiger partial charge in [0.1, 0.15) is 5.82 Å². The molecular formula is C19H24N6O2. The van der Waals surface area contributed by atoms with Crippen LogP contribution in [0.4, 0.5) is 10.5 Å². The summed E-state index contributed by atoms with van der Waals surface area (Å²) in [5, 5.41) is 12.4. The lowest BCUT2D eigenvalue weighted by molar-refractivity contribution is -0.121. The largest absolute Gasteiger partial charge is 0.325 e. The zero-order valence-electron chi connectivity index (χ0n) is 15.1. The van der Waals surface area contributed by atoms with Crippen molar-refractivity contribution in [1.29, 1.82) is 0 Å². The van der Waals surface area contributed by atoms with Crippen molar-refractivity contribution in [1.82, 2.24) is 25.4 Å². The average molecular weight is 368 g/mol. The number of urea groups is 1. The van der Waals surface area contributed by atoms with Crippen LogP contribution in [0.3, 0.4) is 0 Å². The summed E-state index contributed by atoms with van der Waals surface area (Å²) in [7, 11) is 0. The highest BCUT2D eigenvalue weighted by atomic mass is 16.2. The number of hydrogen-bond acceptors (Lipinski definition) is 5. The van der Waals surface area contributed by atoms with Gasteiger partial charge in [-0.1, -0.05) is 18.2 Å². The molecule has 1 aliphatic carbocycles. The van der Waals surface area contributed by atoms with E-state index in [1.165, 1.54) is 12.8 Å². The minimum absolute atomic E-state index is 0.221. The molecule has 2 aromatic rings. The lowest BCUT2D eigenvalue weighted by Crippen LogP contribution is -2.44. The first-order valence-corrected chi connectivity index (χ1v) is 9.48. The Hall–Kier alpha value is -2.74. The number of likely N-dealkylation sites (tertiary alicyclic amines) is 1. The summed E-state index contributed by atoms with van der Waals surface area (Å²) in [6.07, 6.45) is 4.26. The number of amides is 3. The van der Waals surface area contributed by atoms with Gasteiger partial charge in [0.05, 0.1) is 6.54 Å². The van der Waals surface area contributed by atoms with Crippen LogP contribution in [0.1, 0.15) is 49.2 Å². The van der Waals surface area contributed by atoms with Crippen LogP contribution in [-0.4, -0.2) is 51.7 Å². The summed E-state index contributed by atoms with van der Waals surface area (Å²) in [4.78, 5) is 30.7. The number of nitrogens with one attached hydrogen (secondary N) is 3. The normalized spacial score (nSPS) is 18.2. The molecule has 1 aromatic carbocycles. The number of para-hydroxylation sites is 1. The van der Waals surface area contributed by atoms with Gasteiger partial charge in [-0.25, -0.2) is 9.78 Å². The number of piperidine rings is 1. The number of imide groups is 1. The molecular weight excluding hydrogens is 344 g/mol. The van der Waals surface area contributed by atoms with Gasteiger partial charge in [0.25, 0.3) is 0 Å². The molecule has 0 radical (unpaired) electrons. The van der Waals surface area contributed by atoms with Gasteiger partial charge in [-0.15, -0.1) is 0 Å². The minimum Gasteiger partial charge on any atom is -0.308 e. The molecule has 8 nitrogen and oxygen atoms in total. The molecule has 1 aromatic heterocycles. The molecule has 3 amide bonds. The second-order valence-electron chi connectivity index (χ2n) is 7.27. The first kappa shape index (κ1) is 17.7. The molecule has 1 saturated carbocycles. The highest BCUT2D eigenvalue weighted by Gasteiger charge is 2.30. The van der Waals surface area contributed by atoms with Crippen LogP contribution >= 0.6 is 0 Å². The van der Waals surface area contributed by atoms with Gasteiger partial charge < -0.3 is 5.32 Å². The molecule has 0 unspecified atom stereocenters. The summed E-state index contributed by atoms with van der Waals surface area (Å²) >= 11 is 0. The molecule has 0 bridgehead atoms. The van der Waals surface area contributed by atoms with E-state index in [2.05, 4.69) is 30.7 Å². The van der Waals surface area contributed by atoms with Crippen molar-refractivity contribution in [2.45, 2.75) is 37.5 Å². The van der Waals surface area contributed by atoms with Crippen molar-refractivity contribution in [2.75, 3.05) is 25.0 Å². The highest BCUT2D eigenvalue weighted by molar-refractivity contribution is 6.01. The Morgan fingerprint density at radius 1 is 1.07 bits per heavy atom. The van der Waals surface area contributed by atoms with E-state index < -0.39 is 6.03 Å². The number of aromatic nitrogens is 3. The van der Waals surface area contributed by atoms with E-state index in [0.29, 0.717) is 17.5 Å². The molecule has 1 saturated heterocycles. The fraction of sp³-hybridized carbons (Fsp3) is 0.474. The Balaban J connectivity index is 1.20. The van der Waals surface area contributed by atoms with Gasteiger partial charge in [0.15, 0.2) is 5.82 Å². The third-order valence-electron chi connectivity index (χ3n) is 5.09. The molecule has 1 aliphatic heterocycles. The molecule has 27 heavy (non-hydrogen) atoms. The summed E-state index contributed by atoms with van der Waals surface area (Å²) in [5.74, 6) is 2.56. The van der Waals surface area contributed by atoms with E-state index in [4.69, 9.17) is 0 Å². The number of benzene rings is 1. The molecule has 142 valence electrons. The van der Waals surface area contributed by atoms with Crippen molar-refractivity contribution < 1.29 is 9.59 Å².